The highest BCUT2D eigenvalue weighted by Gasteiger charge is 2.19. The third-order valence-electron chi connectivity index (χ3n) is 2.51. The smallest absolute Gasteiger partial charge is 0.248 e. The summed E-state index contributed by atoms with van der Waals surface area (Å²) in [4.78, 5) is 21.8. The van der Waals surface area contributed by atoms with Crippen molar-refractivity contribution in [1.29, 1.82) is 0 Å². The van der Waals surface area contributed by atoms with E-state index in [2.05, 4.69) is 10.6 Å². The van der Waals surface area contributed by atoms with Crippen LogP contribution < -0.4 is 16.4 Å². The van der Waals surface area contributed by atoms with E-state index >= 15 is 0 Å². The van der Waals surface area contributed by atoms with Crippen molar-refractivity contribution in [1.82, 2.24) is 5.32 Å². The number of amides is 2. The number of hydrogen-bond donors (Lipinski definition) is 3. The van der Waals surface area contributed by atoms with Crippen molar-refractivity contribution in [3.05, 3.63) is 29.8 Å². The maximum atomic E-state index is 11.0. The van der Waals surface area contributed by atoms with Gasteiger partial charge in [-0.1, -0.05) is 0 Å². The van der Waals surface area contributed by atoms with E-state index < -0.39 is 5.91 Å². The van der Waals surface area contributed by atoms with Crippen LogP contribution in [0, 0.1) is 0 Å². The molecule has 0 radical (unpaired) electrons. The van der Waals surface area contributed by atoms with E-state index in [0.717, 1.165) is 12.1 Å². The van der Waals surface area contributed by atoms with Gasteiger partial charge in [-0.15, -0.1) is 0 Å². The molecule has 5 nitrogen and oxygen atoms in total. The molecule has 4 N–H and O–H groups in total. The number of hydrogen-bond acceptors (Lipinski definition) is 3. The molecule has 2 rings (SSSR count). The molecule has 0 bridgehead atoms. The first-order valence-electron chi connectivity index (χ1n) is 5.11. The first-order valence-corrected chi connectivity index (χ1v) is 5.11. The van der Waals surface area contributed by atoms with Crippen molar-refractivity contribution in [2.75, 3.05) is 5.32 Å². The van der Waals surface area contributed by atoms with Crippen molar-refractivity contribution in [3.8, 4) is 0 Å². The van der Waals surface area contributed by atoms with Crippen LogP contribution >= 0.6 is 0 Å². The lowest BCUT2D eigenvalue weighted by atomic mass is 10.2. The number of rotatable bonds is 3. The molecule has 0 aliphatic carbocycles. The van der Waals surface area contributed by atoms with Gasteiger partial charge in [-0.2, -0.15) is 0 Å². The van der Waals surface area contributed by atoms with E-state index in [9.17, 15) is 9.59 Å². The van der Waals surface area contributed by atoms with Gasteiger partial charge in [0.2, 0.25) is 11.8 Å². The second kappa shape index (κ2) is 4.22. The minimum atomic E-state index is -0.444. The average Bonchev–Trinajstić information content (AvgIpc) is 2.65. The molecule has 84 valence electrons. The fourth-order valence-electron chi connectivity index (χ4n) is 1.65. The first-order chi connectivity index (χ1) is 7.65. The molecule has 0 saturated carbocycles. The zero-order valence-corrected chi connectivity index (χ0v) is 8.69. The zero-order chi connectivity index (χ0) is 11.5. The van der Waals surface area contributed by atoms with Crippen LogP contribution in [0.4, 0.5) is 5.69 Å². The summed E-state index contributed by atoms with van der Waals surface area (Å²) in [6, 6.07) is 6.85. The molecule has 1 aliphatic rings. The van der Waals surface area contributed by atoms with Crippen molar-refractivity contribution in [2.45, 2.75) is 19.0 Å². The topological polar surface area (TPSA) is 84.2 Å². The molecule has 0 aromatic heterocycles. The summed E-state index contributed by atoms with van der Waals surface area (Å²) in [6.45, 7) is 0. The first kappa shape index (κ1) is 10.5. The van der Waals surface area contributed by atoms with Gasteiger partial charge in [0, 0.05) is 17.7 Å². The van der Waals surface area contributed by atoms with Crippen molar-refractivity contribution >= 4 is 17.5 Å². The molecule has 1 unspecified atom stereocenters. The Morgan fingerprint density at radius 3 is 2.56 bits per heavy atom. The number of anilines is 1. The minimum Gasteiger partial charge on any atom is -0.366 e. The van der Waals surface area contributed by atoms with Gasteiger partial charge in [-0.25, -0.2) is 0 Å². The summed E-state index contributed by atoms with van der Waals surface area (Å²) < 4.78 is 0. The Hall–Kier alpha value is -2.04. The van der Waals surface area contributed by atoms with Crippen LogP contribution in [-0.2, 0) is 4.79 Å². The average molecular weight is 219 g/mol. The monoisotopic (exact) mass is 219 g/mol. The molecule has 1 fully saturated rings. The molecule has 5 heteroatoms. The zero-order valence-electron chi connectivity index (χ0n) is 8.69. The standard InChI is InChI=1S/C11H13N3O2/c12-11(16)7-1-3-8(4-2-7)13-9-5-6-10(15)14-9/h1-4,9,13H,5-6H2,(H2,12,16)(H,14,15). The lowest BCUT2D eigenvalue weighted by molar-refractivity contribution is -0.119. The van der Waals surface area contributed by atoms with E-state index in [1.54, 1.807) is 24.3 Å². The Labute approximate surface area is 93.0 Å². The fourth-order valence-corrected chi connectivity index (χ4v) is 1.65. The second-order valence-electron chi connectivity index (χ2n) is 3.74. The van der Waals surface area contributed by atoms with Crippen LogP contribution in [0.3, 0.4) is 0 Å². The number of carbonyl (C=O) groups excluding carboxylic acids is 2. The van der Waals surface area contributed by atoms with Gasteiger partial charge in [-0.05, 0) is 30.7 Å². The number of nitrogens with one attached hydrogen (secondary N) is 2. The van der Waals surface area contributed by atoms with Crippen LogP contribution in [-0.4, -0.2) is 18.0 Å². The molecule has 1 aromatic carbocycles. The lowest BCUT2D eigenvalue weighted by Gasteiger charge is -2.13. The summed E-state index contributed by atoms with van der Waals surface area (Å²) >= 11 is 0. The third kappa shape index (κ3) is 2.31. The molecule has 16 heavy (non-hydrogen) atoms. The van der Waals surface area contributed by atoms with Crippen LogP contribution in [0.15, 0.2) is 24.3 Å². The summed E-state index contributed by atoms with van der Waals surface area (Å²) in [5.74, 6) is -0.382. The number of benzene rings is 1. The van der Waals surface area contributed by atoms with Crippen molar-refractivity contribution in [2.24, 2.45) is 5.73 Å². The fraction of sp³-hybridized carbons (Fsp3) is 0.273. The van der Waals surface area contributed by atoms with E-state index in [0.29, 0.717) is 12.0 Å². The number of nitrogens with two attached hydrogens (primary N) is 1. The molecule has 1 saturated heterocycles. The Morgan fingerprint density at radius 2 is 2.06 bits per heavy atom. The Morgan fingerprint density at radius 1 is 1.38 bits per heavy atom. The maximum absolute atomic E-state index is 11.0. The molecular weight excluding hydrogens is 206 g/mol. The highest BCUT2D eigenvalue weighted by molar-refractivity contribution is 5.93. The second-order valence-corrected chi connectivity index (χ2v) is 3.74. The lowest BCUT2D eigenvalue weighted by Crippen LogP contribution is -2.32. The van der Waals surface area contributed by atoms with Gasteiger partial charge >= 0.3 is 0 Å². The molecule has 1 aliphatic heterocycles. The normalized spacial score (nSPS) is 19.2. The van der Waals surface area contributed by atoms with E-state index in [4.69, 9.17) is 5.73 Å². The van der Waals surface area contributed by atoms with Gasteiger partial charge in [-0.3, -0.25) is 9.59 Å². The largest absolute Gasteiger partial charge is 0.366 e. The Balaban J connectivity index is 2.00. The predicted octanol–water partition coefficient (Wildman–Crippen LogP) is 0.433. The summed E-state index contributed by atoms with van der Waals surface area (Å²) in [5, 5.41) is 5.95. The van der Waals surface area contributed by atoms with Gasteiger partial charge in [0.05, 0.1) is 6.17 Å². The van der Waals surface area contributed by atoms with Crippen LogP contribution in [0.1, 0.15) is 23.2 Å². The highest BCUT2D eigenvalue weighted by Crippen LogP contribution is 2.14. The van der Waals surface area contributed by atoms with E-state index in [1.807, 2.05) is 0 Å². The quantitative estimate of drug-likeness (QED) is 0.689. The molecular formula is C11H13N3O2. The van der Waals surface area contributed by atoms with Crippen LogP contribution in [0.2, 0.25) is 0 Å². The third-order valence-corrected chi connectivity index (χ3v) is 2.51. The Bertz CT molecular complexity index is 414. The number of primary amides is 1. The number of carbonyl (C=O) groups is 2. The molecule has 1 heterocycles. The summed E-state index contributed by atoms with van der Waals surface area (Å²) in [6.07, 6.45) is 1.31. The SMILES string of the molecule is NC(=O)c1ccc(NC2CCC(=O)N2)cc1. The van der Waals surface area contributed by atoms with Crippen molar-refractivity contribution in [3.63, 3.8) is 0 Å². The van der Waals surface area contributed by atoms with Crippen molar-refractivity contribution < 1.29 is 9.59 Å². The van der Waals surface area contributed by atoms with E-state index in [-0.39, 0.29) is 12.1 Å². The van der Waals surface area contributed by atoms with Gasteiger partial charge < -0.3 is 16.4 Å². The summed E-state index contributed by atoms with van der Waals surface area (Å²) in [5.41, 5.74) is 6.46. The minimum absolute atomic E-state index is 0.0214. The van der Waals surface area contributed by atoms with Gasteiger partial charge in [0.1, 0.15) is 0 Å². The highest BCUT2D eigenvalue weighted by atomic mass is 16.2. The molecule has 2 amide bonds. The molecule has 0 spiro atoms. The van der Waals surface area contributed by atoms with Crippen LogP contribution in [0.5, 0.6) is 0 Å². The molecule has 1 atom stereocenters. The van der Waals surface area contributed by atoms with Gasteiger partial charge in [0.25, 0.3) is 0 Å². The Kier molecular flexibility index (Phi) is 2.76. The summed E-state index contributed by atoms with van der Waals surface area (Å²) in [7, 11) is 0. The molecule has 1 aromatic rings. The predicted molar refractivity (Wildman–Crippen MR) is 59.7 cm³/mol. The van der Waals surface area contributed by atoms with Gasteiger partial charge in [0.15, 0.2) is 0 Å². The van der Waals surface area contributed by atoms with Crippen LogP contribution in [0.25, 0.3) is 0 Å². The van der Waals surface area contributed by atoms with E-state index in [1.165, 1.54) is 0 Å². The maximum Gasteiger partial charge on any atom is 0.248 e.